The maximum Gasteiger partial charge on any atom is 0.219 e. The van der Waals surface area contributed by atoms with Crippen LogP contribution in [-0.4, -0.2) is 43.5 Å². The molecule has 1 saturated heterocycles. The molecule has 2 aromatic carbocycles. The number of hydrogen-bond acceptors (Lipinski definition) is 2. The van der Waals surface area contributed by atoms with Crippen molar-refractivity contribution in [2.45, 2.75) is 0 Å². The molecular formula is C20H22N3O+. The van der Waals surface area contributed by atoms with Gasteiger partial charge in [0.05, 0.1) is 26.2 Å². The summed E-state index contributed by atoms with van der Waals surface area (Å²) in [5, 5.41) is 1.03. The van der Waals surface area contributed by atoms with Crippen LogP contribution in [0.3, 0.4) is 0 Å². The van der Waals surface area contributed by atoms with E-state index in [9.17, 15) is 4.79 Å². The van der Waals surface area contributed by atoms with Gasteiger partial charge in [0.25, 0.3) is 0 Å². The third-order valence-electron chi connectivity index (χ3n) is 4.89. The molecule has 0 bridgehead atoms. The second-order valence-electron chi connectivity index (χ2n) is 6.42. The van der Waals surface area contributed by atoms with Crippen molar-refractivity contribution in [3.05, 3.63) is 66.4 Å². The van der Waals surface area contributed by atoms with Gasteiger partial charge in [-0.2, -0.15) is 0 Å². The quantitative estimate of drug-likeness (QED) is 0.719. The molecule has 0 amide bonds. The molecule has 0 atom stereocenters. The zero-order valence-electron chi connectivity index (χ0n) is 13.7. The summed E-state index contributed by atoms with van der Waals surface area (Å²) in [6, 6.07) is 18.5. The number of ketones is 1. The molecule has 0 saturated carbocycles. The summed E-state index contributed by atoms with van der Waals surface area (Å²) >= 11 is 0. The first kappa shape index (κ1) is 15.0. The van der Waals surface area contributed by atoms with Crippen LogP contribution in [0.2, 0.25) is 0 Å². The van der Waals surface area contributed by atoms with E-state index in [0.717, 1.165) is 42.6 Å². The SMILES string of the molecule is O=C(C[NH+]1CCN(c2ccccc2)CC1)c1c[nH]c2ccccc12. The van der Waals surface area contributed by atoms with Crippen LogP contribution in [0.5, 0.6) is 0 Å². The molecule has 1 fully saturated rings. The fourth-order valence-corrected chi connectivity index (χ4v) is 3.52. The highest BCUT2D eigenvalue weighted by Crippen LogP contribution is 2.17. The highest BCUT2D eigenvalue weighted by molar-refractivity contribution is 6.08. The number of carbonyl (C=O) groups is 1. The summed E-state index contributed by atoms with van der Waals surface area (Å²) in [5.74, 6) is 0.232. The zero-order valence-corrected chi connectivity index (χ0v) is 13.7. The van der Waals surface area contributed by atoms with Crippen molar-refractivity contribution in [1.29, 1.82) is 0 Å². The number of hydrogen-bond donors (Lipinski definition) is 2. The summed E-state index contributed by atoms with van der Waals surface area (Å²) in [6.45, 7) is 4.58. The number of carbonyl (C=O) groups excluding carboxylic acids is 1. The van der Waals surface area contributed by atoms with Crippen LogP contribution >= 0.6 is 0 Å². The van der Waals surface area contributed by atoms with Gasteiger partial charge in [0, 0.05) is 28.4 Å². The standard InChI is InChI=1S/C20H21N3O/c24-20(18-14-21-19-9-5-4-8-17(18)19)15-22-10-12-23(13-11-22)16-6-2-1-3-7-16/h1-9,14,21H,10-13,15H2/p+1. The van der Waals surface area contributed by atoms with E-state index in [1.165, 1.54) is 10.6 Å². The Hall–Kier alpha value is -2.59. The van der Waals surface area contributed by atoms with Gasteiger partial charge < -0.3 is 14.8 Å². The van der Waals surface area contributed by atoms with Crippen molar-refractivity contribution >= 4 is 22.4 Å². The van der Waals surface area contributed by atoms with E-state index in [0.29, 0.717) is 6.54 Å². The molecule has 0 aliphatic carbocycles. The Bertz CT molecular complexity index is 832. The predicted octanol–water partition coefficient (Wildman–Crippen LogP) is 1.76. The average molecular weight is 320 g/mol. The van der Waals surface area contributed by atoms with Gasteiger partial charge >= 0.3 is 0 Å². The summed E-state index contributed by atoms with van der Waals surface area (Å²) in [5.41, 5.74) is 3.13. The van der Waals surface area contributed by atoms with E-state index in [-0.39, 0.29) is 5.78 Å². The highest BCUT2D eigenvalue weighted by Gasteiger charge is 2.23. The Morgan fingerprint density at radius 3 is 2.50 bits per heavy atom. The van der Waals surface area contributed by atoms with E-state index < -0.39 is 0 Å². The van der Waals surface area contributed by atoms with Gasteiger partial charge in [-0.25, -0.2) is 0 Å². The minimum Gasteiger partial charge on any atom is -0.360 e. The van der Waals surface area contributed by atoms with Gasteiger partial charge in [0.15, 0.2) is 0 Å². The molecule has 0 spiro atoms. The zero-order chi connectivity index (χ0) is 16.4. The van der Waals surface area contributed by atoms with Gasteiger partial charge in [-0.3, -0.25) is 4.79 Å². The molecule has 4 rings (SSSR count). The monoisotopic (exact) mass is 320 g/mol. The Kier molecular flexibility index (Phi) is 4.05. The minimum absolute atomic E-state index is 0.232. The third kappa shape index (κ3) is 2.93. The third-order valence-corrected chi connectivity index (χ3v) is 4.89. The molecule has 3 aromatic rings. The number of nitrogens with one attached hydrogen (secondary N) is 2. The van der Waals surface area contributed by atoms with Gasteiger partial charge in [-0.15, -0.1) is 0 Å². The lowest BCUT2D eigenvalue weighted by Crippen LogP contribution is -3.15. The number of aromatic amines is 1. The summed E-state index contributed by atoms with van der Waals surface area (Å²) in [7, 11) is 0. The van der Waals surface area contributed by atoms with Gasteiger partial charge in [0.2, 0.25) is 5.78 Å². The van der Waals surface area contributed by atoms with Crippen molar-refractivity contribution in [1.82, 2.24) is 4.98 Å². The molecule has 24 heavy (non-hydrogen) atoms. The number of rotatable bonds is 4. The Labute approximate surface area is 141 Å². The van der Waals surface area contributed by atoms with Crippen LogP contribution in [0.4, 0.5) is 5.69 Å². The molecule has 122 valence electrons. The number of piperazine rings is 1. The molecule has 0 unspecified atom stereocenters. The van der Waals surface area contributed by atoms with E-state index in [2.05, 4.69) is 34.1 Å². The molecule has 1 aromatic heterocycles. The summed E-state index contributed by atoms with van der Waals surface area (Å²) in [4.78, 5) is 19.7. The van der Waals surface area contributed by atoms with E-state index in [4.69, 9.17) is 0 Å². The number of nitrogens with zero attached hydrogens (tertiary/aromatic N) is 1. The molecular weight excluding hydrogens is 298 g/mol. The van der Waals surface area contributed by atoms with Crippen molar-refractivity contribution in [2.24, 2.45) is 0 Å². The number of aromatic nitrogens is 1. The molecule has 4 nitrogen and oxygen atoms in total. The highest BCUT2D eigenvalue weighted by atomic mass is 16.1. The Morgan fingerprint density at radius 2 is 1.71 bits per heavy atom. The molecule has 0 radical (unpaired) electrons. The molecule has 1 aliphatic rings. The van der Waals surface area contributed by atoms with Crippen molar-refractivity contribution < 1.29 is 9.69 Å². The normalized spacial score (nSPS) is 15.8. The van der Waals surface area contributed by atoms with Gasteiger partial charge in [0.1, 0.15) is 6.54 Å². The number of fused-ring (bicyclic) bond motifs is 1. The predicted molar refractivity (Wildman–Crippen MR) is 96.8 cm³/mol. The van der Waals surface area contributed by atoms with Crippen LogP contribution in [-0.2, 0) is 0 Å². The van der Waals surface area contributed by atoms with E-state index >= 15 is 0 Å². The fourth-order valence-electron chi connectivity index (χ4n) is 3.52. The van der Waals surface area contributed by atoms with Crippen LogP contribution < -0.4 is 9.80 Å². The second kappa shape index (κ2) is 6.49. The Morgan fingerprint density at radius 1 is 1.00 bits per heavy atom. The second-order valence-corrected chi connectivity index (χ2v) is 6.42. The topological polar surface area (TPSA) is 40.5 Å². The lowest BCUT2D eigenvalue weighted by atomic mass is 10.1. The molecule has 2 N–H and O–H groups in total. The number of H-pyrrole nitrogens is 1. The number of quaternary nitrogens is 1. The van der Waals surface area contributed by atoms with Crippen molar-refractivity contribution in [2.75, 3.05) is 37.6 Å². The number of para-hydroxylation sites is 2. The first-order valence-corrected chi connectivity index (χ1v) is 8.54. The lowest BCUT2D eigenvalue weighted by Gasteiger charge is -2.33. The number of Topliss-reactive ketones (excluding diaryl/α,β-unsaturated/α-hetero) is 1. The van der Waals surface area contributed by atoms with E-state index in [1.807, 2.05) is 36.5 Å². The number of benzene rings is 2. The van der Waals surface area contributed by atoms with Crippen LogP contribution in [0, 0.1) is 0 Å². The molecule has 2 heterocycles. The van der Waals surface area contributed by atoms with Crippen molar-refractivity contribution in [3.63, 3.8) is 0 Å². The number of anilines is 1. The van der Waals surface area contributed by atoms with Crippen molar-refractivity contribution in [3.8, 4) is 0 Å². The maximum absolute atomic E-state index is 12.7. The first-order valence-electron chi connectivity index (χ1n) is 8.54. The maximum atomic E-state index is 12.7. The summed E-state index contributed by atoms with van der Waals surface area (Å²) < 4.78 is 0. The first-order chi connectivity index (χ1) is 11.8. The molecule has 4 heteroatoms. The summed E-state index contributed by atoms with van der Waals surface area (Å²) in [6.07, 6.45) is 1.85. The van der Waals surface area contributed by atoms with Crippen LogP contribution in [0.1, 0.15) is 10.4 Å². The Balaban J connectivity index is 1.39. The fraction of sp³-hybridized carbons (Fsp3) is 0.250. The van der Waals surface area contributed by atoms with Crippen LogP contribution in [0.25, 0.3) is 10.9 Å². The van der Waals surface area contributed by atoms with Crippen LogP contribution in [0.15, 0.2) is 60.8 Å². The lowest BCUT2D eigenvalue weighted by molar-refractivity contribution is -0.892. The average Bonchev–Trinajstić information content (AvgIpc) is 3.07. The van der Waals surface area contributed by atoms with Gasteiger partial charge in [-0.1, -0.05) is 36.4 Å². The molecule has 1 aliphatic heterocycles. The largest absolute Gasteiger partial charge is 0.360 e. The van der Waals surface area contributed by atoms with E-state index in [1.54, 1.807) is 0 Å². The smallest absolute Gasteiger partial charge is 0.219 e. The minimum atomic E-state index is 0.232. The van der Waals surface area contributed by atoms with Gasteiger partial charge in [-0.05, 0) is 18.2 Å².